The Labute approximate surface area is 138 Å². The molecule has 1 unspecified atom stereocenters. The van der Waals surface area contributed by atoms with E-state index in [0.717, 1.165) is 17.5 Å². The van der Waals surface area contributed by atoms with Crippen LogP contribution in [0, 0.1) is 5.92 Å². The SMILES string of the molecule is [N-]=[N+]=NCC(F)CCn1ncc(NC(=O)CC2CCCC2)cc1=O. The number of nitrogens with zero attached hydrogens (tertiary/aromatic N) is 5. The molecule has 1 aliphatic carbocycles. The third-order valence-electron chi connectivity index (χ3n) is 4.10. The lowest BCUT2D eigenvalue weighted by molar-refractivity contribution is -0.117. The topological polar surface area (TPSA) is 113 Å². The van der Waals surface area contributed by atoms with E-state index >= 15 is 0 Å². The summed E-state index contributed by atoms with van der Waals surface area (Å²) >= 11 is 0. The van der Waals surface area contributed by atoms with Gasteiger partial charge >= 0.3 is 0 Å². The second-order valence-electron chi connectivity index (χ2n) is 6.01. The lowest BCUT2D eigenvalue weighted by atomic mass is 10.0. The first-order valence-corrected chi connectivity index (χ1v) is 8.10. The molecule has 0 radical (unpaired) electrons. The molecule has 1 aromatic rings. The summed E-state index contributed by atoms with van der Waals surface area (Å²) in [4.78, 5) is 26.4. The first-order valence-electron chi connectivity index (χ1n) is 8.10. The van der Waals surface area contributed by atoms with E-state index in [1.54, 1.807) is 0 Å². The summed E-state index contributed by atoms with van der Waals surface area (Å²) in [5.74, 6) is 0.315. The summed E-state index contributed by atoms with van der Waals surface area (Å²) in [7, 11) is 0. The Morgan fingerprint density at radius 1 is 1.54 bits per heavy atom. The van der Waals surface area contributed by atoms with E-state index in [2.05, 4.69) is 20.4 Å². The molecule has 1 saturated carbocycles. The van der Waals surface area contributed by atoms with Gasteiger partial charge in [0.2, 0.25) is 5.91 Å². The highest BCUT2D eigenvalue weighted by Gasteiger charge is 2.18. The van der Waals surface area contributed by atoms with Gasteiger partial charge in [-0.05, 0) is 30.7 Å². The van der Waals surface area contributed by atoms with Gasteiger partial charge in [-0.1, -0.05) is 18.0 Å². The number of carbonyl (C=O) groups excluding carboxylic acids is 1. The number of halogens is 1. The Morgan fingerprint density at radius 2 is 2.29 bits per heavy atom. The standard InChI is InChI=1S/C15H21FN6O2/c16-12(9-18-21-17)5-6-22-15(24)8-13(10-19-22)20-14(23)7-11-3-1-2-4-11/h8,10-12H,1-7,9H2,(H,20,23). The van der Waals surface area contributed by atoms with Crippen LogP contribution in [0.25, 0.3) is 10.4 Å². The van der Waals surface area contributed by atoms with Gasteiger partial charge in [-0.15, -0.1) is 0 Å². The number of rotatable bonds is 8. The van der Waals surface area contributed by atoms with Crippen LogP contribution < -0.4 is 10.9 Å². The molecule has 1 amide bonds. The van der Waals surface area contributed by atoms with Gasteiger partial charge in [-0.25, -0.2) is 9.07 Å². The van der Waals surface area contributed by atoms with Crippen LogP contribution in [-0.2, 0) is 11.3 Å². The first-order chi connectivity index (χ1) is 11.6. The molecule has 0 bridgehead atoms. The lowest BCUT2D eigenvalue weighted by Gasteiger charge is -2.10. The van der Waals surface area contributed by atoms with Gasteiger partial charge in [-0.3, -0.25) is 9.59 Å². The number of azide groups is 1. The zero-order chi connectivity index (χ0) is 17.4. The Kier molecular flexibility index (Phi) is 6.74. The normalized spacial score (nSPS) is 15.7. The van der Waals surface area contributed by atoms with Crippen LogP contribution in [-0.4, -0.2) is 28.4 Å². The molecule has 1 atom stereocenters. The van der Waals surface area contributed by atoms with Gasteiger partial charge in [0.25, 0.3) is 5.56 Å². The summed E-state index contributed by atoms with van der Waals surface area (Å²) in [5.41, 5.74) is 8.07. The maximum absolute atomic E-state index is 13.4. The molecule has 8 nitrogen and oxygen atoms in total. The predicted octanol–water partition coefficient (Wildman–Crippen LogP) is 2.80. The first kappa shape index (κ1) is 17.9. The molecule has 1 aromatic heterocycles. The van der Waals surface area contributed by atoms with Gasteiger partial charge in [0, 0.05) is 23.9 Å². The van der Waals surface area contributed by atoms with Crippen LogP contribution >= 0.6 is 0 Å². The smallest absolute Gasteiger partial charge is 0.268 e. The molecule has 0 spiro atoms. The Hall–Kier alpha value is -2.41. The number of alkyl halides is 1. The number of amides is 1. The van der Waals surface area contributed by atoms with Crippen LogP contribution in [0.15, 0.2) is 22.2 Å². The quantitative estimate of drug-likeness (QED) is 0.447. The number of hydrogen-bond acceptors (Lipinski definition) is 4. The second kappa shape index (κ2) is 9.02. The van der Waals surface area contributed by atoms with Crippen LogP contribution in [0.2, 0.25) is 0 Å². The molecular formula is C15H21FN6O2. The van der Waals surface area contributed by atoms with Gasteiger partial charge in [0.1, 0.15) is 6.17 Å². The summed E-state index contributed by atoms with van der Waals surface area (Å²) in [6.07, 6.45) is 5.05. The molecule has 2 rings (SSSR count). The number of anilines is 1. The molecule has 130 valence electrons. The molecule has 1 aliphatic rings. The molecule has 1 fully saturated rings. The van der Waals surface area contributed by atoms with Crippen LogP contribution in [0.5, 0.6) is 0 Å². The molecule has 1 N–H and O–H groups in total. The summed E-state index contributed by atoms with van der Waals surface area (Å²) in [6.45, 7) is -0.183. The predicted molar refractivity (Wildman–Crippen MR) is 87.2 cm³/mol. The molecule has 0 saturated heterocycles. The average Bonchev–Trinajstić information content (AvgIpc) is 3.04. The van der Waals surface area contributed by atoms with Crippen molar-refractivity contribution in [3.8, 4) is 0 Å². The largest absolute Gasteiger partial charge is 0.325 e. The van der Waals surface area contributed by atoms with Crippen LogP contribution in [0.1, 0.15) is 38.5 Å². The highest BCUT2D eigenvalue weighted by atomic mass is 19.1. The minimum absolute atomic E-state index is 0.0271. The Morgan fingerprint density at radius 3 is 2.96 bits per heavy atom. The van der Waals surface area contributed by atoms with Crippen molar-refractivity contribution < 1.29 is 9.18 Å². The van der Waals surface area contributed by atoms with Crippen molar-refractivity contribution in [1.29, 1.82) is 0 Å². The average molecular weight is 336 g/mol. The third kappa shape index (κ3) is 5.66. The third-order valence-corrected chi connectivity index (χ3v) is 4.10. The monoisotopic (exact) mass is 336 g/mol. The molecule has 1 heterocycles. The maximum atomic E-state index is 13.4. The van der Waals surface area contributed by atoms with Crippen molar-refractivity contribution in [3.05, 3.63) is 33.1 Å². The van der Waals surface area contributed by atoms with Crippen molar-refractivity contribution in [3.63, 3.8) is 0 Å². The highest BCUT2D eigenvalue weighted by molar-refractivity contribution is 5.90. The molecule has 0 aromatic carbocycles. The van der Waals surface area contributed by atoms with E-state index < -0.39 is 11.7 Å². The molecule has 9 heteroatoms. The van der Waals surface area contributed by atoms with Gasteiger partial charge in [0.15, 0.2) is 0 Å². The number of aryl methyl sites for hydroxylation is 1. The van der Waals surface area contributed by atoms with Crippen LogP contribution in [0.3, 0.4) is 0 Å². The fraction of sp³-hybridized carbons (Fsp3) is 0.667. The highest BCUT2D eigenvalue weighted by Crippen LogP contribution is 2.27. The van der Waals surface area contributed by atoms with E-state index in [0.29, 0.717) is 18.0 Å². The number of hydrogen-bond donors (Lipinski definition) is 1. The van der Waals surface area contributed by atoms with E-state index in [-0.39, 0.29) is 25.4 Å². The van der Waals surface area contributed by atoms with Crippen LogP contribution in [0.4, 0.5) is 10.1 Å². The van der Waals surface area contributed by atoms with Crippen molar-refractivity contribution in [2.24, 2.45) is 11.0 Å². The second-order valence-corrected chi connectivity index (χ2v) is 6.01. The molecule has 24 heavy (non-hydrogen) atoms. The number of carbonyl (C=O) groups is 1. The Bertz CT molecular complexity index is 664. The van der Waals surface area contributed by atoms with E-state index in [1.165, 1.54) is 25.1 Å². The minimum atomic E-state index is -1.32. The lowest BCUT2D eigenvalue weighted by Crippen LogP contribution is -2.25. The Balaban J connectivity index is 1.85. The fourth-order valence-corrected chi connectivity index (χ4v) is 2.84. The summed E-state index contributed by atoms with van der Waals surface area (Å²) in [5, 5.41) is 9.77. The summed E-state index contributed by atoms with van der Waals surface area (Å²) in [6, 6.07) is 1.28. The zero-order valence-corrected chi connectivity index (χ0v) is 13.4. The van der Waals surface area contributed by atoms with E-state index in [4.69, 9.17) is 5.53 Å². The molecule has 0 aliphatic heterocycles. The number of aromatic nitrogens is 2. The van der Waals surface area contributed by atoms with Gasteiger partial charge in [-0.2, -0.15) is 5.10 Å². The van der Waals surface area contributed by atoms with Crippen molar-refractivity contribution in [2.75, 3.05) is 11.9 Å². The maximum Gasteiger partial charge on any atom is 0.268 e. The van der Waals surface area contributed by atoms with Gasteiger partial charge < -0.3 is 5.32 Å². The van der Waals surface area contributed by atoms with Crippen molar-refractivity contribution >= 4 is 11.6 Å². The summed E-state index contributed by atoms with van der Waals surface area (Å²) < 4.78 is 14.5. The number of nitrogens with one attached hydrogen (secondary N) is 1. The molecular weight excluding hydrogens is 315 g/mol. The van der Waals surface area contributed by atoms with Crippen molar-refractivity contribution in [1.82, 2.24) is 9.78 Å². The van der Waals surface area contributed by atoms with E-state index in [9.17, 15) is 14.0 Å². The zero-order valence-electron chi connectivity index (χ0n) is 13.4. The van der Waals surface area contributed by atoms with E-state index in [1.807, 2.05) is 0 Å². The fourth-order valence-electron chi connectivity index (χ4n) is 2.84. The van der Waals surface area contributed by atoms with Crippen molar-refractivity contribution in [2.45, 2.75) is 51.2 Å². The minimum Gasteiger partial charge on any atom is -0.325 e. The van der Waals surface area contributed by atoms with Gasteiger partial charge in [0.05, 0.1) is 18.4 Å².